The topological polar surface area (TPSA) is 81.7 Å². The van der Waals surface area contributed by atoms with Gasteiger partial charge in [0.2, 0.25) is 5.95 Å². The fourth-order valence-corrected chi connectivity index (χ4v) is 1.44. The summed E-state index contributed by atoms with van der Waals surface area (Å²) in [4.78, 5) is 7.76. The molecule has 0 unspecified atom stereocenters. The SMILES string of the molecule is Cc1cc(Nc2cc(Cl)nc(N)n2)nn1C. The lowest BCUT2D eigenvalue weighted by Crippen LogP contribution is -2.00. The first kappa shape index (κ1) is 10.7. The van der Waals surface area contributed by atoms with E-state index in [2.05, 4.69) is 20.4 Å². The van der Waals surface area contributed by atoms with Crippen LogP contribution >= 0.6 is 11.6 Å². The summed E-state index contributed by atoms with van der Waals surface area (Å²) in [6.45, 7) is 1.96. The smallest absolute Gasteiger partial charge is 0.223 e. The van der Waals surface area contributed by atoms with Crippen molar-refractivity contribution in [3.63, 3.8) is 0 Å². The Hall–Kier alpha value is -1.82. The number of hydrogen-bond donors (Lipinski definition) is 2. The molecule has 7 heteroatoms. The molecule has 6 nitrogen and oxygen atoms in total. The number of hydrogen-bond acceptors (Lipinski definition) is 5. The summed E-state index contributed by atoms with van der Waals surface area (Å²) < 4.78 is 1.76. The summed E-state index contributed by atoms with van der Waals surface area (Å²) in [7, 11) is 1.86. The second-order valence-electron chi connectivity index (χ2n) is 3.35. The molecule has 0 fully saturated rings. The number of anilines is 3. The molecule has 3 N–H and O–H groups in total. The Kier molecular flexibility index (Phi) is 2.66. The Morgan fingerprint density at radius 3 is 2.62 bits per heavy atom. The molecule has 84 valence electrons. The third kappa shape index (κ3) is 2.22. The maximum absolute atomic E-state index is 5.76. The molecule has 2 aromatic heterocycles. The standard InChI is InChI=1S/C9H11ClN6/c1-5-3-8(15-16(5)2)13-7-4-6(10)12-9(11)14-7/h3-4H,1-2H3,(H3,11,12,13,14,15). The van der Waals surface area contributed by atoms with Crippen molar-refractivity contribution in [2.24, 2.45) is 7.05 Å². The highest BCUT2D eigenvalue weighted by molar-refractivity contribution is 6.29. The molecule has 0 spiro atoms. The molecule has 2 heterocycles. The molecule has 0 aliphatic carbocycles. The fraction of sp³-hybridized carbons (Fsp3) is 0.222. The zero-order valence-electron chi connectivity index (χ0n) is 8.90. The van der Waals surface area contributed by atoms with E-state index in [4.69, 9.17) is 17.3 Å². The lowest BCUT2D eigenvalue weighted by Gasteiger charge is -2.02. The van der Waals surface area contributed by atoms with Gasteiger partial charge in [-0.1, -0.05) is 11.6 Å². The number of halogens is 1. The number of nitrogen functional groups attached to an aromatic ring is 1. The van der Waals surface area contributed by atoms with Gasteiger partial charge in [0.25, 0.3) is 0 Å². The molecule has 0 amide bonds. The first-order valence-electron chi connectivity index (χ1n) is 4.62. The molecular weight excluding hydrogens is 228 g/mol. The van der Waals surface area contributed by atoms with Crippen LogP contribution in [0.15, 0.2) is 12.1 Å². The fourth-order valence-electron chi connectivity index (χ4n) is 1.25. The van der Waals surface area contributed by atoms with Crippen LogP contribution in [0.1, 0.15) is 5.69 Å². The van der Waals surface area contributed by atoms with E-state index in [1.807, 2.05) is 20.0 Å². The molecule has 0 aromatic carbocycles. The van der Waals surface area contributed by atoms with Crippen LogP contribution in [0.4, 0.5) is 17.6 Å². The quantitative estimate of drug-likeness (QED) is 0.775. The minimum Gasteiger partial charge on any atom is -0.368 e. The molecule has 0 atom stereocenters. The number of nitrogens with two attached hydrogens (primary N) is 1. The highest BCUT2D eigenvalue weighted by Crippen LogP contribution is 2.17. The van der Waals surface area contributed by atoms with E-state index in [-0.39, 0.29) is 5.95 Å². The molecule has 2 rings (SSSR count). The Morgan fingerprint density at radius 1 is 1.31 bits per heavy atom. The van der Waals surface area contributed by atoms with Crippen LogP contribution in [0.25, 0.3) is 0 Å². The van der Waals surface area contributed by atoms with E-state index >= 15 is 0 Å². The van der Waals surface area contributed by atoms with E-state index < -0.39 is 0 Å². The van der Waals surface area contributed by atoms with Crippen LogP contribution in [-0.2, 0) is 7.05 Å². The van der Waals surface area contributed by atoms with Crippen molar-refractivity contribution in [3.8, 4) is 0 Å². The number of rotatable bonds is 2. The summed E-state index contributed by atoms with van der Waals surface area (Å²) >= 11 is 5.76. The van der Waals surface area contributed by atoms with Gasteiger partial charge in [0, 0.05) is 24.9 Å². The van der Waals surface area contributed by atoms with Crippen molar-refractivity contribution in [2.45, 2.75) is 6.92 Å². The Labute approximate surface area is 97.5 Å². The summed E-state index contributed by atoms with van der Waals surface area (Å²) in [5.74, 6) is 1.34. The van der Waals surface area contributed by atoms with Gasteiger partial charge in [0.1, 0.15) is 11.0 Å². The van der Waals surface area contributed by atoms with E-state index in [9.17, 15) is 0 Å². The highest BCUT2D eigenvalue weighted by atomic mass is 35.5. The monoisotopic (exact) mass is 238 g/mol. The van der Waals surface area contributed by atoms with Crippen molar-refractivity contribution in [1.82, 2.24) is 19.7 Å². The molecule has 0 saturated carbocycles. The van der Waals surface area contributed by atoms with Crippen LogP contribution in [0, 0.1) is 6.92 Å². The van der Waals surface area contributed by atoms with Crippen LogP contribution in [0.2, 0.25) is 5.15 Å². The van der Waals surface area contributed by atoms with Crippen LogP contribution in [-0.4, -0.2) is 19.7 Å². The molecular formula is C9H11ClN6. The van der Waals surface area contributed by atoms with Crippen molar-refractivity contribution < 1.29 is 0 Å². The molecule has 16 heavy (non-hydrogen) atoms. The van der Waals surface area contributed by atoms with Gasteiger partial charge in [-0.3, -0.25) is 4.68 Å². The molecule has 0 aliphatic rings. The minimum absolute atomic E-state index is 0.127. The van der Waals surface area contributed by atoms with E-state index in [1.54, 1.807) is 10.7 Å². The molecule has 2 aromatic rings. The lowest BCUT2D eigenvalue weighted by molar-refractivity contribution is 0.743. The van der Waals surface area contributed by atoms with Crippen LogP contribution in [0.3, 0.4) is 0 Å². The Bertz CT molecular complexity index is 481. The van der Waals surface area contributed by atoms with Crippen LogP contribution in [0.5, 0.6) is 0 Å². The first-order valence-corrected chi connectivity index (χ1v) is 5.00. The maximum atomic E-state index is 5.76. The Morgan fingerprint density at radius 2 is 2.06 bits per heavy atom. The largest absolute Gasteiger partial charge is 0.368 e. The average molecular weight is 239 g/mol. The van der Waals surface area contributed by atoms with Gasteiger partial charge in [0.15, 0.2) is 5.82 Å². The second kappa shape index (κ2) is 3.97. The van der Waals surface area contributed by atoms with Crippen molar-refractivity contribution in [3.05, 3.63) is 23.0 Å². The van der Waals surface area contributed by atoms with Crippen molar-refractivity contribution >= 4 is 29.2 Å². The van der Waals surface area contributed by atoms with E-state index in [1.165, 1.54) is 0 Å². The summed E-state index contributed by atoms with van der Waals surface area (Å²) in [6.07, 6.45) is 0. The molecule has 0 aliphatic heterocycles. The summed E-state index contributed by atoms with van der Waals surface area (Å²) in [5.41, 5.74) is 6.51. The van der Waals surface area contributed by atoms with E-state index in [0.717, 1.165) is 5.69 Å². The van der Waals surface area contributed by atoms with Gasteiger partial charge in [-0.15, -0.1) is 0 Å². The van der Waals surface area contributed by atoms with Gasteiger partial charge in [-0.2, -0.15) is 10.1 Å². The highest BCUT2D eigenvalue weighted by Gasteiger charge is 2.04. The predicted octanol–water partition coefficient (Wildman–Crippen LogP) is 1.50. The minimum atomic E-state index is 0.127. The lowest BCUT2D eigenvalue weighted by atomic mass is 10.4. The zero-order chi connectivity index (χ0) is 11.7. The molecule has 0 saturated heterocycles. The number of aryl methyl sites for hydroxylation is 2. The average Bonchev–Trinajstić information content (AvgIpc) is 2.43. The number of nitrogens with zero attached hydrogens (tertiary/aromatic N) is 4. The second-order valence-corrected chi connectivity index (χ2v) is 3.74. The third-order valence-electron chi connectivity index (χ3n) is 2.08. The van der Waals surface area contributed by atoms with Gasteiger partial charge in [-0.25, -0.2) is 4.98 Å². The summed E-state index contributed by atoms with van der Waals surface area (Å²) in [5, 5.41) is 7.52. The van der Waals surface area contributed by atoms with Crippen molar-refractivity contribution in [2.75, 3.05) is 11.1 Å². The first-order chi connectivity index (χ1) is 7.54. The number of aromatic nitrogens is 4. The third-order valence-corrected chi connectivity index (χ3v) is 2.28. The Balaban J connectivity index is 2.26. The van der Waals surface area contributed by atoms with E-state index in [0.29, 0.717) is 16.8 Å². The predicted molar refractivity (Wildman–Crippen MR) is 62.7 cm³/mol. The maximum Gasteiger partial charge on any atom is 0.223 e. The van der Waals surface area contributed by atoms with Gasteiger partial charge in [-0.05, 0) is 6.92 Å². The zero-order valence-corrected chi connectivity index (χ0v) is 9.65. The molecule has 0 bridgehead atoms. The van der Waals surface area contributed by atoms with Gasteiger partial charge in [0.05, 0.1) is 0 Å². The summed E-state index contributed by atoms with van der Waals surface area (Å²) in [6, 6.07) is 3.48. The normalized spacial score (nSPS) is 10.4. The van der Waals surface area contributed by atoms with Crippen LogP contribution < -0.4 is 11.1 Å². The van der Waals surface area contributed by atoms with Gasteiger partial charge < -0.3 is 11.1 Å². The number of nitrogens with one attached hydrogen (secondary N) is 1. The molecule has 0 radical (unpaired) electrons. The van der Waals surface area contributed by atoms with Gasteiger partial charge >= 0.3 is 0 Å². The van der Waals surface area contributed by atoms with Crippen molar-refractivity contribution in [1.29, 1.82) is 0 Å².